The summed E-state index contributed by atoms with van der Waals surface area (Å²) in [6, 6.07) is 15.3. The van der Waals surface area contributed by atoms with Gasteiger partial charge in [-0.2, -0.15) is 0 Å². The van der Waals surface area contributed by atoms with E-state index in [0.29, 0.717) is 16.6 Å². The molecule has 3 aromatic rings. The summed E-state index contributed by atoms with van der Waals surface area (Å²) in [5.74, 6) is -1.08. The Bertz CT molecular complexity index is 1160. The van der Waals surface area contributed by atoms with Crippen LogP contribution in [0.5, 0.6) is 0 Å². The maximum atomic E-state index is 13.0. The van der Waals surface area contributed by atoms with Crippen LogP contribution >= 0.6 is 0 Å². The van der Waals surface area contributed by atoms with Gasteiger partial charge in [-0.1, -0.05) is 48.5 Å². The number of esters is 1. The number of ether oxygens (including phenoxy) is 3. The van der Waals surface area contributed by atoms with Gasteiger partial charge in [-0.3, -0.25) is 9.36 Å². The second kappa shape index (κ2) is 10.5. The summed E-state index contributed by atoms with van der Waals surface area (Å²) in [5, 5.41) is 3.51. The number of aromatic nitrogens is 1. The predicted molar refractivity (Wildman–Crippen MR) is 127 cm³/mol. The van der Waals surface area contributed by atoms with Crippen molar-refractivity contribution in [1.29, 1.82) is 0 Å². The van der Waals surface area contributed by atoms with Crippen LogP contribution in [0.15, 0.2) is 60.8 Å². The fourth-order valence-electron chi connectivity index (χ4n) is 3.70. The van der Waals surface area contributed by atoms with E-state index in [4.69, 9.17) is 14.2 Å². The van der Waals surface area contributed by atoms with E-state index in [1.807, 2.05) is 24.3 Å². The van der Waals surface area contributed by atoms with Crippen LogP contribution in [-0.4, -0.2) is 48.4 Å². The molecular formula is C26H30N2O6. The Morgan fingerprint density at radius 3 is 2.24 bits per heavy atom. The zero-order chi connectivity index (χ0) is 24.9. The molecule has 0 saturated heterocycles. The molecular weight excluding hydrogens is 436 g/mol. The predicted octanol–water partition coefficient (Wildman–Crippen LogP) is 4.01. The van der Waals surface area contributed by atoms with Crippen LogP contribution in [0.3, 0.4) is 0 Å². The highest BCUT2D eigenvalue weighted by Crippen LogP contribution is 2.25. The lowest BCUT2D eigenvalue weighted by Crippen LogP contribution is -2.45. The quantitative estimate of drug-likeness (QED) is 0.529. The van der Waals surface area contributed by atoms with Gasteiger partial charge in [-0.15, -0.1) is 0 Å². The van der Waals surface area contributed by atoms with Crippen molar-refractivity contribution in [1.82, 2.24) is 9.88 Å². The summed E-state index contributed by atoms with van der Waals surface area (Å²) >= 11 is 0. The standard InChI is InChI=1S/C26H30N2O6/c1-26(2,3)34-25(31)28-16-18(19-13-9-10-14-21(19)28)15-20(24(30)33-5)27-23(29)22(32-4)17-11-7-6-8-12-17/h6-14,16,20,22H,15H2,1-5H3,(H,27,29)/t20-,22+/m0/s1. The summed E-state index contributed by atoms with van der Waals surface area (Å²) < 4.78 is 17.3. The number of nitrogens with one attached hydrogen (secondary N) is 1. The van der Waals surface area contributed by atoms with Crippen molar-refractivity contribution in [2.75, 3.05) is 14.2 Å². The first-order valence-electron chi connectivity index (χ1n) is 10.9. The molecule has 0 saturated carbocycles. The molecule has 1 amide bonds. The number of nitrogens with zero attached hydrogens (tertiary/aromatic N) is 1. The fraction of sp³-hybridized carbons (Fsp3) is 0.346. The highest BCUT2D eigenvalue weighted by molar-refractivity contribution is 5.93. The van der Waals surface area contributed by atoms with Crippen molar-refractivity contribution >= 4 is 28.9 Å². The zero-order valence-electron chi connectivity index (χ0n) is 20.0. The van der Waals surface area contributed by atoms with Crippen LogP contribution in [0.1, 0.15) is 38.0 Å². The summed E-state index contributed by atoms with van der Waals surface area (Å²) in [4.78, 5) is 38.4. The minimum atomic E-state index is -0.989. The van der Waals surface area contributed by atoms with E-state index in [9.17, 15) is 14.4 Å². The fourth-order valence-corrected chi connectivity index (χ4v) is 3.70. The number of amides is 1. The third kappa shape index (κ3) is 5.82. The van der Waals surface area contributed by atoms with Crippen molar-refractivity contribution < 1.29 is 28.6 Å². The molecule has 8 heteroatoms. The number of hydrogen-bond acceptors (Lipinski definition) is 6. The lowest BCUT2D eigenvalue weighted by Gasteiger charge is -2.21. The first kappa shape index (κ1) is 25.0. The zero-order valence-corrected chi connectivity index (χ0v) is 20.0. The van der Waals surface area contributed by atoms with Crippen LogP contribution < -0.4 is 5.32 Å². The molecule has 0 radical (unpaired) electrons. The molecule has 2 aromatic carbocycles. The van der Waals surface area contributed by atoms with Crippen LogP contribution in [0.4, 0.5) is 4.79 Å². The van der Waals surface area contributed by atoms with Crippen LogP contribution in [0.2, 0.25) is 0 Å². The van der Waals surface area contributed by atoms with Gasteiger partial charge in [-0.25, -0.2) is 9.59 Å². The number of fused-ring (bicyclic) bond motifs is 1. The van der Waals surface area contributed by atoms with E-state index in [-0.39, 0.29) is 6.42 Å². The topological polar surface area (TPSA) is 95.9 Å². The SMILES string of the molecule is COC(=O)[C@H](Cc1cn(C(=O)OC(C)(C)C)c2ccccc12)NC(=O)[C@H](OC)c1ccccc1. The molecule has 8 nitrogen and oxygen atoms in total. The Kier molecular flexibility index (Phi) is 7.73. The maximum absolute atomic E-state index is 13.0. The number of carbonyl (C=O) groups is 3. The van der Waals surface area contributed by atoms with Gasteiger partial charge in [0.05, 0.1) is 12.6 Å². The number of carbonyl (C=O) groups excluding carboxylic acids is 3. The molecule has 0 fully saturated rings. The summed E-state index contributed by atoms with van der Waals surface area (Å²) in [6.07, 6.45) is 0.319. The van der Waals surface area contributed by atoms with Gasteiger partial charge in [0.15, 0.2) is 6.10 Å². The summed E-state index contributed by atoms with van der Waals surface area (Å²) in [7, 11) is 2.69. The number of hydrogen-bond donors (Lipinski definition) is 1. The Hall–Kier alpha value is -3.65. The minimum absolute atomic E-state index is 0.111. The molecule has 0 bridgehead atoms. The smallest absolute Gasteiger partial charge is 0.419 e. The average molecular weight is 467 g/mol. The third-order valence-electron chi connectivity index (χ3n) is 5.19. The Labute approximate surface area is 198 Å². The molecule has 0 spiro atoms. The molecule has 0 aliphatic carbocycles. The van der Waals surface area contributed by atoms with Gasteiger partial charge in [0, 0.05) is 25.1 Å². The largest absolute Gasteiger partial charge is 0.467 e. The van der Waals surface area contributed by atoms with Gasteiger partial charge in [-0.05, 0) is 38.0 Å². The minimum Gasteiger partial charge on any atom is -0.467 e. The Balaban J connectivity index is 1.91. The van der Waals surface area contributed by atoms with Crippen LogP contribution in [-0.2, 0) is 30.2 Å². The molecule has 3 rings (SSSR count). The highest BCUT2D eigenvalue weighted by Gasteiger charge is 2.29. The lowest BCUT2D eigenvalue weighted by molar-refractivity contribution is -0.146. The van der Waals surface area contributed by atoms with Crippen molar-refractivity contribution in [2.45, 2.75) is 44.9 Å². The molecule has 2 atom stereocenters. The van der Waals surface area contributed by atoms with Crippen molar-refractivity contribution in [3.8, 4) is 0 Å². The molecule has 0 aliphatic heterocycles. The van der Waals surface area contributed by atoms with Crippen LogP contribution in [0, 0.1) is 0 Å². The van der Waals surface area contributed by atoms with Gasteiger partial charge in [0.25, 0.3) is 5.91 Å². The highest BCUT2D eigenvalue weighted by atomic mass is 16.6. The van der Waals surface area contributed by atoms with E-state index < -0.39 is 35.7 Å². The van der Waals surface area contributed by atoms with E-state index in [1.54, 1.807) is 57.3 Å². The second-order valence-electron chi connectivity index (χ2n) is 8.84. The Morgan fingerprint density at radius 1 is 0.971 bits per heavy atom. The number of rotatable bonds is 7. The van der Waals surface area contributed by atoms with Gasteiger partial charge in [0.2, 0.25) is 0 Å². The van der Waals surface area contributed by atoms with E-state index in [2.05, 4.69) is 5.32 Å². The molecule has 34 heavy (non-hydrogen) atoms. The van der Waals surface area contributed by atoms with Crippen molar-refractivity contribution in [3.63, 3.8) is 0 Å². The van der Waals surface area contributed by atoms with Gasteiger partial charge in [0.1, 0.15) is 11.6 Å². The maximum Gasteiger partial charge on any atom is 0.419 e. The van der Waals surface area contributed by atoms with E-state index in [1.165, 1.54) is 18.8 Å². The normalized spacial score (nSPS) is 13.2. The molecule has 1 aromatic heterocycles. The van der Waals surface area contributed by atoms with Gasteiger partial charge < -0.3 is 19.5 Å². The van der Waals surface area contributed by atoms with Crippen LogP contribution in [0.25, 0.3) is 10.9 Å². The monoisotopic (exact) mass is 466 g/mol. The number of para-hydroxylation sites is 1. The molecule has 0 aliphatic rings. The molecule has 180 valence electrons. The number of methoxy groups -OCH3 is 2. The van der Waals surface area contributed by atoms with E-state index >= 15 is 0 Å². The molecule has 0 unspecified atom stereocenters. The molecule has 1 N–H and O–H groups in total. The van der Waals surface area contributed by atoms with Gasteiger partial charge >= 0.3 is 12.1 Å². The molecule has 1 heterocycles. The average Bonchev–Trinajstić information content (AvgIpc) is 3.17. The van der Waals surface area contributed by atoms with E-state index in [0.717, 1.165) is 5.39 Å². The second-order valence-corrected chi connectivity index (χ2v) is 8.84. The third-order valence-corrected chi connectivity index (χ3v) is 5.19. The van der Waals surface area contributed by atoms with Crippen molar-refractivity contribution in [2.24, 2.45) is 0 Å². The first-order chi connectivity index (χ1) is 16.1. The summed E-state index contributed by atoms with van der Waals surface area (Å²) in [6.45, 7) is 5.37. The number of benzene rings is 2. The Morgan fingerprint density at radius 2 is 1.62 bits per heavy atom. The lowest BCUT2D eigenvalue weighted by atomic mass is 10.0. The van der Waals surface area contributed by atoms with Crippen molar-refractivity contribution in [3.05, 3.63) is 71.9 Å². The summed E-state index contributed by atoms with van der Waals surface area (Å²) in [5.41, 5.74) is 1.32. The first-order valence-corrected chi connectivity index (χ1v) is 10.9.